The minimum atomic E-state index is -0.466. The van der Waals surface area contributed by atoms with E-state index in [-0.39, 0.29) is 52.7 Å². The van der Waals surface area contributed by atoms with Crippen LogP contribution in [-0.4, -0.2) is 42.1 Å². The third kappa shape index (κ3) is 6.39. The summed E-state index contributed by atoms with van der Waals surface area (Å²) in [5.74, 6) is 1.70. The Morgan fingerprint density at radius 2 is 1.55 bits per heavy atom. The minimum Gasteiger partial charge on any atom is -0.465 e. The predicted molar refractivity (Wildman–Crippen MR) is 218 cm³/mol. The third-order valence-electron chi connectivity index (χ3n) is 17.0. The normalized spacial score (nSPS) is 37.3. The van der Waals surface area contributed by atoms with Crippen LogP contribution < -0.4 is 10.6 Å². The molecule has 5 saturated carbocycles. The molecule has 4 unspecified atom stereocenters. The molecule has 5 fully saturated rings. The van der Waals surface area contributed by atoms with Gasteiger partial charge in [0.15, 0.2) is 0 Å². The fourth-order valence-corrected chi connectivity index (χ4v) is 14.0. The number of allylic oxidation sites excluding steroid dienone is 1. The molecule has 10 atom stereocenters. The zero-order valence-electron chi connectivity index (χ0n) is 34.6. The van der Waals surface area contributed by atoms with Crippen molar-refractivity contribution in [3.8, 4) is 11.1 Å². The number of esters is 1. The van der Waals surface area contributed by atoms with Crippen molar-refractivity contribution in [3.05, 3.63) is 71.8 Å². The summed E-state index contributed by atoms with van der Waals surface area (Å²) in [6.07, 6.45) is 10.6. The highest BCUT2D eigenvalue weighted by molar-refractivity contribution is 5.97. The molecule has 0 aromatic heterocycles. The molecule has 2 aromatic carbocycles. The van der Waals surface area contributed by atoms with Crippen LogP contribution in [-0.2, 0) is 20.9 Å². The van der Waals surface area contributed by atoms with Crippen molar-refractivity contribution >= 4 is 17.8 Å². The average Bonchev–Trinajstić information content (AvgIpc) is 3.56. The largest absolute Gasteiger partial charge is 0.465 e. The SMILES string of the molecule is C=C(C)[C@@H]1CC[C@]2(C(=O)NCc3cccc(-c4cccc(C(=O)NCC(=O)OCC)c4)c3)CC[C@]3(C)C(CCC4[C@@]5(C)CC[C@H](O)C(C)(C)C5CC[C@]43C)C12. The molecule has 7 nitrogen and oxygen atoms in total. The molecule has 0 heterocycles. The molecule has 0 radical (unpaired) electrons. The molecule has 2 amide bonds. The van der Waals surface area contributed by atoms with Gasteiger partial charge in [-0.1, -0.05) is 77.1 Å². The van der Waals surface area contributed by atoms with E-state index in [0.717, 1.165) is 55.2 Å². The Morgan fingerprint density at radius 3 is 2.27 bits per heavy atom. The van der Waals surface area contributed by atoms with Gasteiger partial charge in [0.05, 0.1) is 18.1 Å². The fourth-order valence-electron chi connectivity index (χ4n) is 14.0. The molecule has 7 heteroatoms. The number of hydrogen-bond donors (Lipinski definition) is 3. The maximum absolute atomic E-state index is 14.8. The third-order valence-corrected chi connectivity index (χ3v) is 17.0. The lowest BCUT2D eigenvalue weighted by Gasteiger charge is -2.72. The highest BCUT2D eigenvalue weighted by Gasteiger charge is 2.71. The van der Waals surface area contributed by atoms with E-state index in [4.69, 9.17) is 4.74 Å². The van der Waals surface area contributed by atoms with Gasteiger partial charge in [0.25, 0.3) is 5.91 Å². The van der Waals surface area contributed by atoms with E-state index in [9.17, 15) is 19.5 Å². The first-order valence-electron chi connectivity index (χ1n) is 21.3. The highest BCUT2D eigenvalue weighted by atomic mass is 16.5. The molecule has 5 aliphatic rings. The summed E-state index contributed by atoms with van der Waals surface area (Å²) in [4.78, 5) is 39.4. The number of aliphatic hydroxyl groups is 1. The second-order valence-corrected chi connectivity index (χ2v) is 19.7. The lowest BCUT2D eigenvalue weighted by Crippen LogP contribution is -2.67. The van der Waals surface area contributed by atoms with Gasteiger partial charge in [0.2, 0.25) is 5.91 Å². The summed E-state index contributed by atoms with van der Waals surface area (Å²) in [6.45, 7) is 21.5. The van der Waals surface area contributed by atoms with Crippen molar-refractivity contribution in [1.82, 2.24) is 10.6 Å². The number of ether oxygens (including phenoxy) is 1. The minimum absolute atomic E-state index is 0.0606. The first-order chi connectivity index (χ1) is 26.0. The van der Waals surface area contributed by atoms with E-state index >= 15 is 0 Å². The van der Waals surface area contributed by atoms with Gasteiger partial charge in [-0.05, 0) is 164 Å². The van der Waals surface area contributed by atoms with Gasteiger partial charge in [-0.3, -0.25) is 14.4 Å². The van der Waals surface area contributed by atoms with Gasteiger partial charge in [-0.2, -0.15) is 0 Å². The highest BCUT2D eigenvalue weighted by Crippen LogP contribution is 2.77. The molecule has 3 N–H and O–H groups in total. The predicted octanol–water partition coefficient (Wildman–Crippen LogP) is 9.28. The van der Waals surface area contributed by atoms with Crippen molar-refractivity contribution in [2.75, 3.05) is 13.2 Å². The number of aliphatic hydroxyl groups excluding tert-OH is 1. The number of nitrogens with one attached hydrogen (secondary N) is 2. The number of amides is 2. The van der Waals surface area contributed by atoms with Gasteiger partial charge in [0, 0.05) is 12.1 Å². The lowest BCUT2D eigenvalue weighted by molar-refractivity contribution is -0.246. The van der Waals surface area contributed by atoms with Crippen molar-refractivity contribution in [1.29, 1.82) is 0 Å². The maximum atomic E-state index is 14.8. The van der Waals surface area contributed by atoms with Crippen LogP contribution in [0.3, 0.4) is 0 Å². The number of carbonyl (C=O) groups excluding carboxylic acids is 3. The number of rotatable bonds is 9. The Hall–Kier alpha value is -3.45. The standard InChI is InChI=1S/C48H66N2O5/c1-9-55-40(52)29-49-42(53)34-15-11-14-33(27-34)32-13-10-12-31(26-32)28-50-43(54)48-23-18-35(30(2)3)41(48)36-16-17-38-45(6)21-20-39(51)44(4,5)37(45)19-22-47(38,8)46(36,7)24-25-48/h10-15,26-27,35-39,41,51H,2,9,16-25,28-29H2,1,3-8H3,(H,49,53)(H,50,54)/t35-,36?,37?,38?,39-,41?,45-,46+,47+,48-/m0/s1. The lowest BCUT2D eigenvalue weighted by atomic mass is 9.32. The summed E-state index contributed by atoms with van der Waals surface area (Å²) < 4.78 is 4.94. The van der Waals surface area contributed by atoms with Gasteiger partial charge < -0.3 is 20.5 Å². The van der Waals surface area contributed by atoms with E-state index in [1.807, 2.05) is 30.3 Å². The van der Waals surface area contributed by atoms with Crippen LogP contribution in [0.2, 0.25) is 0 Å². The molecule has 0 saturated heterocycles. The smallest absolute Gasteiger partial charge is 0.325 e. The molecule has 2 aromatic rings. The van der Waals surface area contributed by atoms with E-state index in [1.165, 1.54) is 31.3 Å². The molecule has 7 rings (SSSR count). The summed E-state index contributed by atoms with van der Waals surface area (Å²) in [7, 11) is 0. The monoisotopic (exact) mass is 750 g/mol. The van der Waals surface area contributed by atoms with Gasteiger partial charge in [0.1, 0.15) is 6.54 Å². The van der Waals surface area contributed by atoms with E-state index in [1.54, 1.807) is 13.0 Å². The molecule has 298 valence electrons. The van der Waals surface area contributed by atoms with Crippen molar-refractivity contribution < 1.29 is 24.2 Å². The van der Waals surface area contributed by atoms with Crippen molar-refractivity contribution in [3.63, 3.8) is 0 Å². The van der Waals surface area contributed by atoms with Crippen LogP contribution >= 0.6 is 0 Å². The van der Waals surface area contributed by atoms with Gasteiger partial charge in [-0.15, -0.1) is 0 Å². The summed E-state index contributed by atoms with van der Waals surface area (Å²) >= 11 is 0. The topological polar surface area (TPSA) is 105 Å². The Morgan fingerprint density at radius 1 is 0.818 bits per heavy atom. The van der Waals surface area contributed by atoms with Crippen LogP contribution in [0.4, 0.5) is 0 Å². The van der Waals surface area contributed by atoms with Crippen molar-refractivity contribution in [2.24, 2.45) is 56.7 Å². The number of fused-ring (bicyclic) bond motifs is 7. The Balaban J connectivity index is 1.09. The van der Waals surface area contributed by atoms with Crippen LogP contribution in [0, 0.1) is 56.7 Å². The quantitative estimate of drug-likeness (QED) is 0.175. The zero-order chi connectivity index (χ0) is 39.6. The van der Waals surface area contributed by atoms with E-state index < -0.39 is 11.4 Å². The van der Waals surface area contributed by atoms with E-state index in [0.29, 0.717) is 41.7 Å². The Labute approximate surface area is 329 Å². The molecule has 5 aliphatic carbocycles. The maximum Gasteiger partial charge on any atom is 0.325 e. The second-order valence-electron chi connectivity index (χ2n) is 19.7. The number of benzene rings is 2. The Bertz CT molecular complexity index is 1840. The molecule has 0 spiro atoms. The van der Waals surface area contributed by atoms with Crippen LogP contribution in [0.5, 0.6) is 0 Å². The molecular formula is C48H66N2O5. The number of carbonyl (C=O) groups is 3. The first-order valence-corrected chi connectivity index (χ1v) is 21.3. The summed E-state index contributed by atoms with van der Waals surface area (Å²) in [6, 6.07) is 15.6. The van der Waals surface area contributed by atoms with Crippen molar-refractivity contribution in [2.45, 2.75) is 125 Å². The van der Waals surface area contributed by atoms with Crippen LogP contribution in [0.1, 0.15) is 129 Å². The van der Waals surface area contributed by atoms with E-state index in [2.05, 4.69) is 70.9 Å². The summed E-state index contributed by atoms with van der Waals surface area (Å²) in [5.41, 5.74) is 4.70. The fraction of sp³-hybridized carbons (Fsp3) is 0.646. The summed E-state index contributed by atoms with van der Waals surface area (Å²) in [5, 5.41) is 17.2. The molecule has 55 heavy (non-hydrogen) atoms. The van der Waals surface area contributed by atoms with Crippen LogP contribution in [0.15, 0.2) is 60.7 Å². The molecule has 0 bridgehead atoms. The molecular weight excluding hydrogens is 685 g/mol. The van der Waals surface area contributed by atoms with Gasteiger partial charge in [-0.25, -0.2) is 0 Å². The van der Waals surface area contributed by atoms with Gasteiger partial charge >= 0.3 is 5.97 Å². The average molecular weight is 751 g/mol. The number of hydrogen-bond acceptors (Lipinski definition) is 5. The molecule has 0 aliphatic heterocycles. The second kappa shape index (κ2) is 14.5. The zero-order valence-corrected chi connectivity index (χ0v) is 34.6. The van der Waals surface area contributed by atoms with Crippen LogP contribution in [0.25, 0.3) is 11.1 Å². The Kier molecular flexibility index (Phi) is 10.5. The first kappa shape index (κ1) is 39.8.